The van der Waals surface area contributed by atoms with E-state index in [0.717, 1.165) is 6.61 Å². The van der Waals surface area contributed by atoms with Gasteiger partial charge in [-0.05, 0) is 12.3 Å². The normalized spacial score (nSPS) is 12.5. The average molecular weight is 170 g/mol. The lowest BCUT2D eigenvalue weighted by Gasteiger charge is -2.09. The van der Waals surface area contributed by atoms with Gasteiger partial charge in [-0.15, -0.1) is 0 Å². The highest BCUT2D eigenvalue weighted by molar-refractivity contribution is 4.56. The Hall–Kier alpha value is -0.460. The standard InChI is InChI=1S/C11H22O/c1-4-6-7-8-9-11(3)10-12-5-2/h5,11H,2,4,6-10H2,1,3H3. The van der Waals surface area contributed by atoms with Crippen molar-refractivity contribution in [2.45, 2.75) is 46.0 Å². The smallest absolute Gasteiger partial charge is 0.0898 e. The molecule has 0 rings (SSSR count). The van der Waals surface area contributed by atoms with E-state index in [0.29, 0.717) is 5.92 Å². The third-order valence-corrected chi connectivity index (χ3v) is 2.05. The van der Waals surface area contributed by atoms with Gasteiger partial charge in [-0.25, -0.2) is 0 Å². The van der Waals surface area contributed by atoms with E-state index >= 15 is 0 Å². The maximum Gasteiger partial charge on any atom is 0.0898 e. The molecule has 0 aliphatic heterocycles. The van der Waals surface area contributed by atoms with Gasteiger partial charge in [0, 0.05) is 0 Å². The van der Waals surface area contributed by atoms with E-state index in [-0.39, 0.29) is 0 Å². The van der Waals surface area contributed by atoms with Gasteiger partial charge in [0.15, 0.2) is 0 Å². The van der Waals surface area contributed by atoms with Crippen molar-refractivity contribution in [2.24, 2.45) is 5.92 Å². The molecule has 1 nitrogen and oxygen atoms in total. The fourth-order valence-electron chi connectivity index (χ4n) is 1.24. The molecule has 0 radical (unpaired) electrons. The molecule has 12 heavy (non-hydrogen) atoms. The summed E-state index contributed by atoms with van der Waals surface area (Å²) in [6, 6.07) is 0. The first kappa shape index (κ1) is 11.5. The summed E-state index contributed by atoms with van der Waals surface area (Å²) in [6.45, 7) is 8.82. The number of hydrogen-bond donors (Lipinski definition) is 0. The highest BCUT2D eigenvalue weighted by Gasteiger charge is 2.00. The summed E-state index contributed by atoms with van der Waals surface area (Å²) in [5.41, 5.74) is 0. The minimum Gasteiger partial charge on any atom is -0.502 e. The van der Waals surface area contributed by atoms with Gasteiger partial charge in [-0.2, -0.15) is 0 Å². The largest absolute Gasteiger partial charge is 0.502 e. The van der Waals surface area contributed by atoms with Crippen LogP contribution in [0, 0.1) is 5.92 Å². The second-order valence-electron chi connectivity index (χ2n) is 3.45. The van der Waals surface area contributed by atoms with Crippen LogP contribution in [0.15, 0.2) is 12.8 Å². The van der Waals surface area contributed by atoms with Gasteiger partial charge in [0.1, 0.15) is 0 Å². The van der Waals surface area contributed by atoms with Crippen LogP contribution in [0.25, 0.3) is 0 Å². The topological polar surface area (TPSA) is 9.23 Å². The van der Waals surface area contributed by atoms with Crippen molar-refractivity contribution in [3.8, 4) is 0 Å². The lowest BCUT2D eigenvalue weighted by Crippen LogP contribution is -2.02. The number of ether oxygens (including phenoxy) is 1. The molecule has 0 aliphatic carbocycles. The van der Waals surface area contributed by atoms with Crippen LogP contribution in [-0.2, 0) is 4.74 Å². The average Bonchev–Trinajstić information content (AvgIpc) is 2.09. The molecule has 0 N–H and O–H groups in total. The summed E-state index contributed by atoms with van der Waals surface area (Å²) in [6.07, 6.45) is 8.22. The number of hydrogen-bond acceptors (Lipinski definition) is 1. The molecule has 0 heterocycles. The van der Waals surface area contributed by atoms with Gasteiger partial charge in [-0.3, -0.25) is 0 Å². The molecule has 1 unspecified atom stereocenters. The van der Waals surface area contributed by atoms with Crippen molar-refractivity contribution >= 4 is 0 Å². The molecule has 0 saturated carbocycles. The first-order valence-corrected chi connectivity index (χ1v) is 5.03. The lowest BCUT2D eigenvalue weighted by atomic mass is 10.0. The van der Waals surface area contributed by atoms with Crippen LogP contribution in [0.1, 0.15) is 46.0 Å². The maximum atomic E-state index is 5.12. The highest BCUT2D eigenvalue weighted by atomic mass is 16.5. The Labute approximate surface area is 76.8 Å². The Morgan fingerprint density at radius 3 is 2.67 bits per heavy atom. The van der Waals surface area contributed by atoms with Crippen molar-refractivity contribution in [3.05, 3.63) is 12.8 Å². The van der Waals surface area contributed by atoms with E-state index < -0.39 is 0 Å². The van der Waals surface area contributed by atoms with Gasteiger partial charge in [0.25, 0.3) is 0 Å². The Bertz CT molecular complexity index is 99.2. The molecule has 1 atom stereocenters. The minimum absolute atomic E-state index is 0.680. The van der Waals surface area contributed by atoms with Crippen molar-refractivity contribution in [2.75, 3.05) is 6.61 Å². The molecule has 0 saturated heterocycles. The van der Waals surface area contributed by atoms with Gasteiger partial charge < -0.3 is 4.74 Å². The first-order valence-electron chi connectivity index (χ1n) is 5.03. The Morgan fingerprint density at radius 1 is 1.33 bits per heavy atom. The first-order chi connectivity index (χ1) is 5.81. The molecule has 0 amide bonds. The number of rotatable bonds is 8. The van der Waals surface area contributed by atoms with E-state index in [4.69, 9.17) is 4.74 Å². The molecule has 0 aromatic rings. The summed E-state index contributed by atoms with van der Waals surface area (Å²) in [5, 5.41) is 0. The minimum atomic E-state index is 0.680. The summed E-state index contributed by atoms with van der Waals surface area (Å²) >= 11 is 0. The fourth-order valence-corrected chi connectivity index (χ4v) is 1.24. The molecule has 0 spiro atoms. The SMILES string of the molecule is C=COCC(C)CCCCCC. The predicted octanol–water partition coefficient (Wildman–Crippen LogP) is 3.75. The monoisotopic (exact) mass is 170 g/mol. The lowest BCUT2D eigenvalue weighted by molar-refractivity contribution is 0.196. The zero-order valence-corrected chi connectivity index (χ0v) is 8.51. The summed E-state index contributed by atoms with van der Waals surface area (Å²) in [4.78, 5) is 0. The zero-order chi connectivity index (χ0) is 9.23. The molecule has 72 valence electrons. The van der Waals surface area contributed by atoms with E-state index in [1.807, 2.05) is 0 Å². The Kier molecular flexibility index (Phi) is 8.30. The number of unbranched alkanes of at least 4 members (excludes halogenated alkanes) is 3. The molecule has 1 heteroatoms. The summed E-state index contributed by atoms with van der Waals surface area (Å²) in [5.74, 6) is 0.680. The van der Waals surface area contributed by atoms with Crippen LogP contribution in [-0.4, -0.2) is 6.61 Å². The Balaban J connectivity index is 3.07. The Morgan fingerprint density at radius 2 is 2.08 bits per heavy atom. The van der Waals surface area contributed by atoms with Gasteiger partial charge in [-0.1, -0.05) is 46.1 Å². The van der Waals surface area contributed by atoms with Crippen LogP contribution < -0.4 is 0 Å². The van der Waals surface area contributed by atoms with Gasteiger partial charge in [0.05, 0.1) is 12.9 Å². The summed E-state index contributed by atoms with van der Waals surface area (Å²) < 4.78 is 5.12. The third-order valence-electron chi connectivity index (χ3n) is 2.05. The van der Waals surface area contributed by atoms with Crippen LogP contribution in [0.5, 0.6) is 0 Å². The second-order valence-corrected chi connectivity index (χ2v) is 3.45. The fraction of sp³-hybridized carbons (Fsp3) is 0.818. The van der Waals surface area contributed by atoms with Crippen LogP contribution in [0.2, 0.25) is 0 Å². The highest BCUT2D eigenvalue weighted by Crippen LogP contribution is 2.10. The molecular formula is C11H22O. The molecular weight excluding hydrogens is 148 g/mol. The van der Waals surface area contributed by atoms with E-state index in [9.17, 15) is 0 Å². The zero-order valence-electron chi connectivity index (χ0n) is 8.51. The molecule has 0 bridgehead atoms. The van der Waals surface area contributed by atoms with E-state index in [1.165, 1.54) is 38.4 Å². The molecule has 0 aromatic heterocycles. The molecule has 0 aromatic carbocycles. The third kappa shape index (κ3) is 7.64. The van der Waals surface area contributed by atoms with E-state index in [2.05, 4.69) is 20.4 Å². The van der Waals surface area contributed by atoms with Crippen molar-refractivity contribution < 1.29 is 4.74 Å². The van der Waals surface area contributed by atoms with Gasteiger partial charge in [0.2, 0.25) is 0 Å². The molecule has 0 aliphatic rings. The van der Waals surface area contributed by atoms with Crippen LogP contribution in [0.3, 0.4) is 0 Å². The van der Waals surface area contributed by atoms with Crippen LogP contribution >= 0.6 is 0 Å². The van der Waals surface area contributed by atoms with Crippen molar-refractivity contribution in [1.29, 1.82) is 0 Å². The van der Waals surface area contributed by atoms with E-state index in [1.54, 1.807) is 0 Å². The quantitative estimate of drug-likeness (QED) is 0.398. The molecule has 0 fully saturated rings. The maximum absolute atomic E-state index is 5.12. The predicted molar refractivity (Wildman–Crippen MR) is 54.1 cm³/mol. The van der Waals surface area contributed by atoms with Crippen molar-refractivity contribution in [3.63, 3.8) is 0 Å². The van der Waals surface area contributed by atoms with Crippen molar-refractivity contribution in [1.82, 2.24) is 0 Å². The second kappa shape index (κ2) is 8.63. The van der Waals surface area contributed by atoms with Crippen LogP contribution in [0.4, 0.5) is 0 Å². The summed E-state index contributed by atoms with van der Waals surface area (Å²) in [7, 11) is 0. The van der Waals surface area contributed by atoms with Gasteiger partial charge >= 0.3 is 0 Å².